The van der Waals surface area contributed by atoms with Gasteiger partial charge in [0.2, 0.25) is 0 Å². The van der Waals surface area contributed by atoms with Crippen LogP contribution in [0.4, 0.5) is 0 Å². The lowest BCUT2D eigenvalue weighted by Crippen LogP contribution is -2.36. The number of hydrogen-bond acceptors (Lipinski definition) is 6. The zero-order valence-electron chi connectivity index (χ0n) is 22.1. The maximum atomic E-state index is 11.2. The first-order chi connectivity index (χ1) is 14.5. The van der Waals surface area contributed by atoms with Gasteiger partial charge in [-0.2, -0.15) is 16.8 Å². The Kier molecular flexibility index (Phi) is 9.92. The third-order valence-electron chi connectivity index (χ3n) is 8.76. The highest BCUT2D eigenvalue weighted by Gasteiger charge is 2.63. The molecule has 0 saturated heterocycles. The molecule has 2 aliphatic rings. The molecule has 2 aliphatic carbocycles. The van der Waals surface area contributed by atoms with E-state index >= 15 is 0 Å². The minimum atomic E-state index is -3.31. The number of rotatable bonds is 12. The van der Waals surface area contributed by atoms with Gasteiger partial charge < -0.3 is 0 Å². The van der Waals surface area contributed by atoms with Crippen molar-refractivity contribution in [3.8, 4) is 0 Å². The topological polar surface area (TPSA) is 86.7 Å². The second kappa shape index (κ2) is 10.5. The van der Waals surface area contributed by atoms with E-state index in [1.807, 2.05) is 13.8 Å². The van der Waals surface area contributed by atoms with Gasteiger partial charge in [0.25, 0.3) is 20.2 Å². The van der Waals surface area contributed by atoms with Gasteiger partial charge in [-0.05, 0) is 37.8 Å². The van der Waals surface area contributed by atoms with Crippen LogP contribution in [0.3, 0.4) is 0 Å². The Morgan fingerprint density at radius 2 is 0.844 bits per heavy atom. The van der Waals surface area contributed by atoms with Crippen LogP contribution in [0, 0.1) is 0 Å². The highest BCUT2D eigenvalue weighted by Crippen LogP contribution is 2.62. The van der Waals surface area contributed by atoms with Crippen LogP contribution in [-0.2, 0) is 28.6 Å². The van der Waals surface area contributed by atoms with Crippen LogP contribution in [0.25, 0.3) is 0 Å². The first kappa shape index (κ1) is 30.3. The summed E-state index contributed by atoms with van der Waals surface area (Å²) in [4.78, 5) is 0. The van der Waals surface area contributed by atoms with Crippen molar-refractivity contribution < 1.29 is 25.2 Å². The molecule has 0 heterocycles. The van der Waals surface area contributed by atoms with Crippen molar-refractivity contribution in [2.75, 3.05) is 12.5 Å². The summed E-state index contributed by atoms with van der Waals surface area (Å²) in [7, 11) is -9.25. The Balaban J connectivity index is 0.000000320. The molecular formula is C22H48O6S2Si2. The normalized spacial score (nSPS) is 30.4. The molecular weight excluding hydrogens is 481 g/mol. The summed E-state index contributed by atoms with van der Waals surface area (Å²) in [5.74, 6) is 0. The Hall–Kier alpha value is 0.254. The molecule has 0 radical (unpaired) electrons. The summed E-state index contributed by atoms with van der Waals surface area (Å²) in [5, 5.41) is 0. The molecule has 0 aromatic rings. The predicted molar refractivity (Wildman–Crippen MR) is 140 cm³/mol. The zero-order valence-corrected chi connectivity index (χ0v) is 25.7. The van der Waals surface area contributed by atoms with E-state index in [9.17, 15) is 16.8 Å². The first-order valence-corrected chi connectivity index (χ1v) is 21.3. The Labute approximate surface area is 200 Å². The minimum absolute atomic E-state index is 0.387. The van der Waals surface area contributed by atoms with Gasteiger partial charge >= 0.3 is 0 Å². The van der Waals surface area contributed by atoms with Crippen LogP contribution in [0.15, 0.2) is 0 Å². The molecule has 0 aromatic heterocycles. The molecule has 2 fully saturated rings. The van der Waals surface area contributed by atoms with Crippen LogP contribution >= 0.6 is 0 Å². The molecule has 4 unspecified atom stereocenters. The second-order valence-electron chi connectivity index (χ2n) is 10.6. The largest absolute Gasteiger partial charge is 0.264 e. The molecule has 6 nitrogen and oxygen atoms in total. The third-order valence-corrected chi connectivity index (χ3v) is 23.2. The van der Waals surface area contributed by atoms with Gasteiger partial charge in [-0.1, -0.05) is 77.8 Å². The molecule has 0 aliphatic heterocycles. The van der Waals surface area contributed by atoms with Crippen LogP contribution < -0.4 is 0 Å². The summed E-state index contributed by atoms with van der Waals surface area (Å²) in [5.41, 5.74) is 0.272. The van der Waals surface area contributed by atoms with Gasteiger partial charge in [-0.3, -0.25) is 8.37 Å². The van der Waals surface area contributed by atoms with Crippen molar-refractivity contribution >= 4 is 36.4 Å². The average Bonchev–Trinajstić information content (AvgIpc) is 3.53. The summed E-state index contributed by atoms with van der Waals surface area (Å²) < 4.78 is 55.4. The van der Waals surface area contributed by atoms with Crippen molar-refractivity contribution in [3.63, 3.8) is 0 Å². The quantitative estimate of drug-likeness (QED) is 0.228. The van der Waals surface area contributed by atoms with E-state index in [1.54, 1.807) is 0 Å². The maximum absolute atomic E-state index is 11.2. The van der Waals surface area contributed by atoms with E-state index in [2.05, 4.69) is 41.5 Å². The summed E-state index contributed by atoms with van der Waals surface area (Å²) in [6.07, 6.45) is 4.17. The van der Waals surface area contributed by atoms with Gasteiger partial charge in [-0.25, -0.2) is 0 Å². The monoisotopic (exact) mass is 528 g/mol. The zero-order chi connectivity index (χ0) is 25.2. The van der Waals surface area contributed by atoms with Gasteiger partial charge in [-0.15, -0.1) is 0 Å². The van der Waals surface area contributed by atoms with Crippen LogP contribution in [-0.4, -0.2) is 56.7 Å². The Bertz CT molecular complexity index is 750. The molecule has 2 rings (SSSR count). The first-order valence-electron chi connectivity index (χ1n) is 12.3. The van der Waals surface area contributed by atoms with Gasteiger partial charge in [0.1, 0.15) is 0 Å². The molecule has 4 atom stereocenters. The summed E-state index contributed by atoms with van der Waals surface area (Å²) >= 11 is 0. The van der Waals surface area contributed by atoms with Crippen molar-refractivity contribution in [2.24, 2.45) is 0 Å². The van der Waals surface area contributed by atoms with Crippen molar-refractivity contribution in [2.45, 2.75) is 127 Å². The average molecular weight is 529 g/mol. The molecule has 0 spiro atoms. The molecule has 0 aromatic carbocycles. The van der Waals surface area contributed by atoms with Crippen LogP contribution in [0.1, 0.15) is 68.2 Å². The molecule has 0 N–H and O–H groups in total. The summed E-state index contributed by atoms with van der Waals surface area (Å²) in [6.45, 7) is 17.4. The Morgan fingerprint density at radius 3 is 1.00 bits per heavy atom. The third kappa shape index (κ3) is 7.13. The van der Waals surface area contributed by atoms with E-state index in [4.69, 9.17) is 8.37 Å². The van der Waals surface area contributed by atoms with E-state index in [1.165, 1.54) is 36.3 Å². The molecule has 0 bridgehead atoms. The SMILES string of the molecule is CC[Si](CC)(CC)C1CC1(C)OS(C)(=O)=O.CC[Si](CC)(CC)C1CC1(C)OS(C)(=O)=O. The summed E-state index contributed by atoms with van der Waals surface area (Å²) in [6, 6.07) is 7.38. The smallest absolute Gasteiger partial charge is 0.264 e. The van der Waals surface area contributed by atoms with Gasteiger partial charge in [0.05, 0.1) is 39.9 Å². The van der Waals surface area contributed by atoms with E-state index < -0.39 is 36.4 Å². The lowest BCUT2D eigenvalue weighted by molar-refractivity contribution is 0.208. The van der Waals surface area contributed by atoms with E-state index in [0.29, 0.717) is 11.1 Å². The Morgan fingerprint density at radius 1 is 0.625 bits per heavy atom. The molecule has 0 amide bonds. The van der Waals surface area contributed by atoms with E-state index in [0.717, 1.165) is 25.4 Å². The van der Waals surface area contributed by atoms with Crippen LogP contribution in [0.2, 0.25) is 47.3 Å². The highest BCUT2D eigenvalue weighted by atomic mass is 32.2. The van der Waals surface area contributed by atoms with Crippen molar-refractivity contribution in [1.82, 2.24) is 0 Å². The van der Waals surface area contributed by atoms with Gasteiger partial charge in [0, 0.05) is 0 Å². The minimum Gasteiger partial charge on any atom is -0.264 e. The maximum Gasteiger partial charge on any atom is 0.264 e. The standard InChI is InChI=1S/2C11H24O3SSi/c2*1-6-16(7-2,8-3)10-9-11(10,4)14-15(5,12)13/h2*10H,6-9H2,1-5H3. The predicted octanol–water partition coefficient (Wildman–Crippen LogP) is 6.01. The molecule has 32 heavy (non-hydrogen) atoms. The van der Waals surface area contributed by atoms with Crippen molar-refractivity contribution in [3.05, 3.63) is 0 Å². The molecule has 10 heteroatoms. The molecule has 2 saturated carbocycles. The number of hydrogen-bond donors (Lipinski definition) is 0. The van der Waals surface area contributed by atoms with E-state index in [-0.39, 0.29) is 11.2 Å². The van der Waals surface area contributed by atoms with Crippen molar-refractivity contribution in [1.29, 1.82) is 0 Å². The lowest BCUT2D eigenvalue weighted by Gasteiger charge is -2.30. The van der Waals surface area contributed by atoms with Gasteiger partial charge in [0.15, 0.2) is 0 Å². The lowest BCUT2D eigenvalue weighted by atomic mass is 10.4. The highest BCUT2D eigenvalue weighted by molar-refractivity contribution is 7.86. The fraction of sp³-hybridized carbons (Fsp3) is 1.00. The second-order valence-corrected chi connectivity index (χ2v) is 24.8. The fourth-order valence-corrected chi connectivity index (χ4v) is 18.5. The van der Waals surface area contributed by atoms with Crippen LogP contribution in [0.5, 0.6) is 0 Å². The fourth-order valence-electron chi connectivity index (χ4n) is 6.28. The molecule has 192 valence electrons.